The van der Waals surface area contributed by atoms with Crippen LogP contribution < -0.4 is 10.0 Å². The topological polar surface area (TPSA) is 128 Å². The van der Waals surface area contributed by atoms with E-state index >= 15 is 0 Å². The molecule has 0 aliphatic rings. The molecule has 10 heteroatoms. The Morgan fingerprint density at radius 2 is 1.85 bits per heavy atom. The van der Waals surface area contributed by atoms with E-state index in [1.165, 1.54) is 32.4 Å². The van der Waals surface area contributed by atoms with E-state index in [0.29, 0.717) is 6.42 Å². The van der Waals surface area contributed by atoms with Gasteiger partial charge in [0.15, 0.2) is 6.61 Å². The zero-order valence-corrected chi connectivity index (χ0v) is 16.5. The molecule has 150 valence electrons. The van der Waals surface area contributed by atoms with Gasteiger partial charge in [0.2, 0.25) is 10.0 Å². The summed E-state index contributed by atoms with van der Waals surface area (Å²) in [5.41, 5.74) is -0.0224. The van der Waals surface area contributed by atoms with E-state index in [0.717, 1.165) is 6.07 Å². The molecule has 1 aromatic rings. The molecule has 0 aliphatic heterocycles. The summed E-state index contributed by atoms with van der Waals surface area (Å²) in [5.74, 6) is -1.99. The Morgan fingerprint density at radius 3 is 2.41 bits per heavy atom. The van der Waals surface area contributed by atoms with E-state index < -0.39 is 40.5 Å². The number of hydrogen-bond acceptors (Lipinski definition) is 7. The highest BCUT2D eigenvalue weighted by Gasteiger charge is 2.23. The predicted octanol–water partition coefficient (Wildman–Crippen LogP) is 0.455. The maximum absolute atomic E-state index is 12.1. The van der Waals surface area contributed by atoms with Gasteiger partial charge >= 0.3 is 11.9 Å². The molecule has 2 N–H and O–H groups in total. The monoisotopic (exact) mass is 400 g/mol. The minimum absolute atomic E-state index is 0.0224. The van der Waals surface area contributed by atoms with E-state index in [4.69, 9.17) is 4.74 Å². The van der Waals surface area contributed by atoms with Crippen LogP contribution in [-0.2, 0) is 29.1 Å². The summed E-state index contributed by atoms with van der Waals surface area (Å²) >= 11 is 0. The average Bonchev–Trinajstić information content (AvgIpc) is 2.64. The molecule has 1 aromatic carbocycles. The summed E-state index contributed by atoms with van der Waals surface area (Å²) in [6.07, 6.45) is 0.371. The Bertz CT molecular complexity index is 790. The zero-order valence-electron chi connectivity index (χ0n) is 15.6. The van der Waals surface area contributed by atoms with Crippen LogP contribution in [0, 0.1) is 5.92 Å². The number of nitrogens with one attached hydrogen (secondary N) is 2. The van der Waals surface area contributed by atoms with Gasteiger partial charge in [-0.1, -0.05) is 19.9 Å². The Kier molecular flexibility index (Phi) is 8.38. The van der Waals surface area contributed by atoms with Crippen LogP contribution in [0.4, 0.5) is 0 Å². The molecule has 27 heavy (non-hydrogen) atoms. The highest BCUT2D eigenvalue weighted by Crippen LogP contribution is 2.12. The van der Waals surface area contributed by atoms with Gasteiger partial charge < -0.3 is 14.8 Å². The molecule has 1 amide bonds. The van der Waals surface area contributed by atoms with Gasteiger partial charge in [0.25, 0.3) is 5.91 Å². The molecular formula is C17H24N2O7S. The fraction of sp³-hybridized carbons (Fsp3) is 0.471. The molecular weight excluding hydrogens is 376 g/mol. The van der Waals surface area contributed by atoms with Crippen LogP contribution in [0.3, 0.4) is 0 Å². The van der Waals surface area contributed by atoms with Crippen molar-refractivity contribution in [3.05, 3.63) is 29.8 Å². The van der Waals surface area contributed by atoms with Crippen molar-refractivity contribution in [2.75, 3.05) is 20.8 Å². The largest absolute Gasteiger partial charge is 0.467 e. The van der Waals surface area contributed by atoms with Crippen molar-refractivity contribution in [2.24, 2.45) is 5.92 Å². The number of esters is 2. The first kappa shape index (κ1) is 22.6. The number of carbonyl (C=O) groups is 3. The molecule has 1 rings (SSSR count). The van der Waals surface area contributed by atoms with Gasteiger partial charge in [0.05, 0.1) is 17.6 Å². The number of benzene rings is 1. The number of rotatable bonds is 9. The van der Waals surface area contributed by atoms with Crippen molar-refractivity contribution in [1.29, 1.82) is 0 Å². The van der Waals surface area contributed by atoms with Gasteiger partial charge in [0.1, 0.15) is 6.04 Å². The van der Waals surface area contributed by atoms with Gasteiger partial charge in [-0.05, 0) is 37.6 Å². The van der Waals surface area contributed by atoms with Crippen molar-refractivity contribution in [3.63, 3.8) is 0 Å². The molecule has 0 aliphatic carbocycles. The van der Waals surface area contributed by atoms with Crippen LogP contribution in [0.5, 0.6) is 0 Å². The van der Waals surface area contributed by atoms with Crippen LogP contribution in [0.1, 0.15) is 30.6 Å². The first-order valence-corrected chi connectivity index (χ1v) is 9.67. The van der Waals surface area contributed by atoms with Crippen LogP contribution in [0.2, 0.25) is 0 Å². The lowest BCUT2D eigenvalue weighted by atomic mass is 10.0. The van der Waals surface area contributed by atoms with Crippen molar-refractivity contribution in [3.8, 4) is 0 Å². The van der Waals surface area contributed by atoms with Crippen LogP contribution in [0.15, 0.2) is 29.2 Å². The first-order chi connectivity index (χ1) is 12.6. The third-order valence-electron chi connectivity index (χ3n) is 3.51. The van der Waals surface area contributed by atoms with Gasteiger partial charge in [0, 0.05) is 0 Å². The summed E-state index contributed by atoms with van der Waals surface area (Å²) in [7, 11) is -1.25. The Hall–Kier alpha value is -2.46. The van der Waals surface area contributed by atoms with Crippen LogP contribution in [-0.4, -0.2) is 53.1 Å². The molecule has 1 atom stereocenters. The lowest BCUT2D eigenvalue weighted by Gasteiger charge is -2.18. The highest BCUT2D eigenvalue weighted by atomic mass is 32.2. The van der Waals surface area contributed by atoms with Crippen molar-refractivity contribution in [2.45, 2.75) is 31.2 Å². The lowest BCUT2D eigenvalue weighted by Crippen LogP contribution is -2.44. The second kappa shape index (κ2) is 10.0. The maximum Gasteiger partial charge on any atom is 0.338 e. The van der Waals surface area contributed by atoms with Crippen LogP contribution in [0.25, 0.3) is 0 Å². The molecule has 0 spiro atoms. The Labute approximate surface area is 158 Å². The fourth-order valence-electron chi connectivity index (χ4n) is 2.19. The van der Waals surface area contributed by atoms with Crippen molar-refractivity contribution in [1.82, 2.24) is 10.0 Å². The standard InChI is InChI=1S/C17H24N2O7S/c1-11(2)8-14(17(22)25-4)19-15(20)10-26-16(21)12-6-5-7-13(9-12)27(23,24)18-3/h5-7,9,11,14,18H,8,10H2,1-4H3,(H,19,20)/t14-/m1/s1. The summed E-state index contributed by atoms with van der Waals surface area (Å²) in [5, 5.41) is 2.45. The molecule has 0 saturated carbocycles. The molecule has 0 fully saturated rings. The number of hydrogen-bond donors (Lipinski definition) is 2. The third kappa shape index (κ3) is 6.99. The minimum atomic E-state index is -3.71. The summed E-state index contributed by atoms with van der Waals surface area (Å²) < 4.78 is 35.2. The summed E-state index contributed by atoms with van der Waals surface area (Å²) in [6, 6.07) is 4.37. The lowest BCUT2D eigenvalue weighted by molar-refractivity contribution is -0.145. The average molecular weight is 400 g/mol. The zero-order chi connectivity index (χ0) is 20.6. The molecule has 0 saturated heterocycles. The minimum Gasteiger partial charge on any atom is -0.467 e. The maximum atomic E-state index is 12.1. The molecule has 0 radical (unpaired) electrons. The van der Waals surface area contributed by atoms with Gasteiger partial charge in [-0.2, -0.15) is 0 Å². The van der Waals surface area contributed by atoms with E-state index in [2.05, 4.69) is 14.8 Å². The number of carbonyl (C=O) groups excluding carboxylic acids is 3. The van der Waals surface area contributed by atoms with E-state index in [1.807, 2.05) is 13.8 Å². The number of sulfonamides is 1. The Balaban J connectivity index is 2.72. The Morgan fingerprint density at radius 1 is 1.19 bits per heavy atom. The van der Waals surface area contributed by atoms with E-state index in [9.17, 15) is 22.8 Å². The van der Waals surface area contributed by atoms with E-state index in [1.54, 1.807) is 0 Å². The number of amides is 1. The van der Waals surface area contributed by atoms with Crippen LogP contribution >= 0.6 is 0 Å². The normalized spacial score (nSPS) is 12.3. The fourth-order valence-corrected chi connectivity index (χ4v) is 2.96. The quantitative estimate of drug-likeness (QED) is 0.576. The van der Waals surface area contributed by atoms with Gasteiger partial charge in [-0.3, -0.25) is 4.79 Å². The third-order valence-corrected chi connectivity index (χ3v) is 4.92. The van der Waals surface area contributed by atoms with Gasteiger partial charge in [-0.15, -0.1) is 0 Å². The molecule has 9 nitrogen and oxygen atoms in total. The highest BCUT2D eigenvalue weighted by molar-refractivity contribution is 7.89. The molecule has 0 heterocycles. The number of ether oxygens (including phenoxy) is 2. The SMILES string of the molecule is CNS(=O)(=O)c1cccc(C(=O)OCC(=O)N[C@H](CC(C)C)C(=O)OC)c1. The predicted molar refractivity (Wildman–Crippen MR) is 96.4 cm³/mol. The first-order valence-electron chi connectivity index (χ1n) is 8.18. The summed E-state index contributed by atoms with van der Waals surface area (Å²) in [4.78, 5) is 35.6. The van der Waals surface area contributed by atoms with Gasteiger partial charge in [-0.25, -0.2) is 22.7 Å². The summed E-state index contributed by atoms with van der Waals surface area (Å²) in [6.45, 7) is 3.15. The van der Waals surface area contributed by atoms with Crippen molar-refractivity contribution < 1.29 is 32.3 Å². The smallest absolute Gasteiger partial charge is 0.338 e. The second-order valence-electron chi connectivity index (χ2n) is 6.08. The molecule has 0 aromatic heterocycles. The van der Waals surface area contributed by atoms with Crippen molar-refractivity contribution >= 4 is 27.9 Å². The molecule has 0 bridgehead atoms. The van der Waals surface area contributed by atoms with E-state index in [-0.39, 0.29) is 16.4 Å². The number of methoxy groups -OCH3 is 1. The molecule has 0 unspecified atom stereocenters. The second-order valence-corrected chi connectivity index (χ2v) is 7.97.